The number of nitrogens with zero attached hydrogens (tertiary/aromatic N) is 4. The molecule has 85 heavy (non-hydrogen) atoms. The van der Waals surface area contributed by atoms with Crippen LogP contribution in [0.2, 0.25) is 0 Å². The fourth-order valence-corrected chi connectivity index (χ4v) is 10.9. The summed E-state index contributed by atoms with van der Waals surface area (Å²) in [5.74, 6) is -1.66. The van der Waals surface area contributed by atoms with Crippen LogP contribution in [0.25, 0.3) is 0 Å². The minimum atomic E-state index is -1.07. The molecule has 9 N–H and O–H groups in total. The lowest BCUT2D eigenvalue weighted by Gasteiger charge is -2.25. The highest BCUT2D eigenvalue weighted by atomic mass is 16.5. The largest absolute Gasteiger partial charge is 0.466 e. The van der Waals surface area contributed by atoms with Gasteiger partial charge in [-0.1, -0.05) is 162 Å². The first-order valence-electron chi connectivity index (χ1n) is 33.8. The number of aliphatic hydroxyl groups excluding tert-OH is 1. The number of hydrogen-bond donors (Lipinski definition) is 8. The van der Waals surface area contributed by atoms with Crippen molar-refractivity contribution in [2.24, 2.45) is 5.73 Å². The lowest BCUT2D eigenvalue weighted by atomic mass is 10.0. The number of carbonyl (C=O) groups excluding carboxylic acids is 5. The molecule has 3 aromatic rings. The highest BCUT2D eigenvalue weighted by Crippen LogP contribution is 2.19. The number of rotatable bonds is 57. The van der Waals surface area contributed by atoms with Crippen LogP contribution >= 0.6 is 0 Å². The summed E-state index contributed by atoms with van der Waals surface area (Å²) in [4.78, 5) is 90.0. The Hall–Kier alpha value is -5.14. The summed E-state index contributed by atoms with van der Waals surface area (Å²) in [6.07, 6.45) is 47.2. The predicted octanol–water partition coefficient (Wildman–Crippen LogP) is 11.5. The van der Waals surface area contributed by atoms with E-state index in [1.807, 2.05) is 0 Å². The maximum absolute atomic E-state index is 13.9. The van der Waals surface area contributed by atoms with Gasteiger partial charge < -0.3 is 56.1 Å². The van der Waals surface area contributed by atoms with E-state index in [1.165, 1.54) is 128 Å². The number of aliphatic hydroxyl groups is 1. The molecule has 0 saturated heterocycles. The van der Waals surface area contributed by atoms with Gasteiger partial charge in [0, 0.05) is 80.9 Å². The van der Waals surface area contributed by atoms with Crippen LogP contribution in [0.4, 0.5) is 0 Å². The summed E-state index contributed by atoms with van der Waals surface area (Å²) < 4.78 is 11.7. The molecular weight excluding hydrogens is 1070 g/mol. The summed E-state index contributed by atoms with van der Waals surface area (Å²) in [5, 5.41) is 20.0. The van der Waals surface area contributed by atoms with Gasteiger partial charge in [-0.2, -0.15) is 0 Å². The average molecular weight is 1190 g/mol. The number of unbranched alkanes of at least 4 members (excludes halogenated alkanes) is 25. The predicted molar refractivity (Wildman–Crippen MR) is 338 cm³/mol. The first-order valence-corrected chi connectivity index (χ1v) is 33.8. The Morgan fingerprint density at radius 3 is 1.45 bits per heavy atom. The summed E-state index contributed by atoms with van der Waals surface area (Å²) in [6, 6.07) is -3.02. The number of aromatic amines is 3. The monoisotopic (exact) mass is 1190 g/mol. The third-order valence-electron chi connectivity index (χ3n) is 16.1. The van der Waals surface area contributed by atoms with Crippen molar-refractivity contribution in [2.45, 2.75) is 302 Å². The van der Waals surface area contributed by atoms with Crippen LogP contribution in [0.1, 0.15) is 269 Å². The molecule has 484 valence electrons. The van der Waals surface area contributed by atoms with Crippen molar-refractivity contribution in [1.82, 2.24) is 50.8 Å². The van der Waals surface area contributed by atoms with Gasteiger partial charge in [-0.15, -0.1) is 0 Å². The van der Waals surface area contributed by atoms with Gasteiger partial charge in [-0.25, -0.2) is 15.0 Å². The first kappa shape index (κ1) is 74.1. The number of ether oxygens (including phenoxy) is 2. The van der Waals surface area contributed by atoms with Gasteiger partial charge in [0.2, 0.25) is 17.7 Å². The molecule has 0 aliphatic rings. The lowest BCUT2D eigenvalue weighted by molar-refractivity contribution is -0.150. The van der Waals surface area contributed by atoms with Crippen molar-refractivity contribution >= 4 is 29.7 Å². The molecule has 0 fully saturated rings. The molecule has 0 bridgehead atoms. The van der Waals surface area contributed by atoms with Crippen molar-refractivity contribution in [2.75, 3.05) is 32.8 Å². The number of nitrogens with two attached hydrogens (primary N) is 1. The molecule has 3 aromatic heterocycles. The van der Waals surface area contributed by atoms with E-state index in [4.69, 9.17) is 15.2 Å². The lowest BCUT2D eigenvalue weighted by Crippen LogP contribution is -2.57. The molecule has 0 saturated carbocycles. The fourth-order valence-electron chi connectivity index (χ4n) is 10.9. The fraction of sp³-hybridized carbons (Fsp3) is 0.788. The van der Waals surface area contributed by atoms with Crippen molar-refractivity contribution in [1.29, 1.82) is 0 Å². The van der Waals surface area contributed by atoms with E-state index < -0.39 is 42.0 Å². The maximum Gasteiger partial charge on any atom is 0.306 e. The van der Waals surface area contributed by atoms with Crippen molar-refractivity contribution < 1.29 is 38.6 Å². The number of nitrogens with one attached hydrogen (secondary N) is 6. The Balaban J connectivity index is 1.47. The number of carbonyl (C=O) groups is 5. The summed E-state index contributed by atoms with van der Waals surface area (Å²) in [5.41, 5.74) is 8.15. The van der Waals surface area contributed by atoms with Crippen LogP contribution in [0.3, 0.4) is 0 Å². The van der Waals surface area contributed by atoms with Crippen LogP contribution in [0.15, 0.2) is 37.6 Å². The summed E-state index contributed by atoms with van der Waals surface area (Å²) in [7, 11) is 0. The molecule has 0 aliphatic carbocycles. The molecule has 1 unspecified atom stereocenters. The van der Waals surface area contributed by atoms with Crippen LogP contribution in [-0.4, -0.2) is 133 Å². The van der Waals surface area contributed by atoms with E-state index in [9.17, 15) is 29.1 Å². The van der Waals surface area contributed by atoms with Gasteiger partial charge >= 0.3 is 11.9 Å². The van der Waals surface area contributed by atoms with Crippen LogP contribution in [0, 0.1) is 0 Å². The zero-order valence-corrected chi connectivity index (χ0v) is 53.1. The van der Waals surface area contributed by atoms with Crippen molar-refractivity contribution in [3.63, 3.8) is 0 Å². The molecule has 0 aromatic carbocycles. The van der Waals surface area contributed by atoms with E-state index in [1.54, 1.807) is 18.6 Å². The number of imidazole rings is 3. The highest BCUT2D eigenvalue weighted by Gasteiger charge is 2.30. The van der Waals surface area contributed by atoms with E-state index in [2.05, 4.69) is 71.5 Å². The zero-order valence-electron chi connectivity index (χ0n) is 53.1. The first-order chi connectivity index (χ1) is 41.5. The Morgan fingerprint density at radius 1 is 0.506 bits per heavy atom. The molecule has 0 radical (unpaired) electrons. The third kappa shape index (κ3) is 38.6. The normalized spacial score (nSPS) is 13.0. The highest BCUT2D eigenvalue weighted by molar-refractivity contribution is 5.93. The van der Waals surface area contributed by atoms with Gasteiger partial charge in [0.05, 0.1) is 37.7 Å². The Bertz CT molecular complexity index is 2060. The molecule has 0 aliphatic heterocycles. The number of amides is 3. The molecule has 19 nitrogen and oxygen atoms in total. The average Bonchev–Trinajstić information content (AvgIpc) is 4.50. The van der Waals surface area contributed by atoms with E-state index in [0.717, 1.165) is 103 Å². The number of H-pyrrole nitrogens is 3. The van der Waals surface area contributed by atoms with E-state index in [-0.39, 0.29) is 37.3 Å². The molecule has 3 heterocycles. The van der Waals surface area contributed by atoms with E-state index in [0.29, 0.717) is 68.9 Å². The van der Waals surface area contributed by atoms with Crippen molar-refractivity contribution in [3.05, 3.63) is 54.7 Å². The standard InChI is InChI=1S/C66H117N11O8/c1-4-7-10-13-16-17-18-24-34-43-84-62(79)38-29-25-33-42-77(41-32-23-19-22-28-39-63(80)85-58(36-26-20-14-11-8-5-2)37-27-21-15-12-9-6-3)50-57(78)35-30-31-40-71-65(82)60(45-55-48-69-52-73-55)76-66(83)61(46-56-49-70-53-74-56)75-64(81)59(67)44-54-47-68-51-72-54/h47-49,51-53,57-61,78H,4-46,50,67H2,1-3H3,(H,68,72)(H,69,73)(H,70,74)(H,71,82)(H,75,81)(H,76,83)/t57?,59-,60+,61+/m1/s1. The van der Waals surface area contributed by atoms with Crippen LogP contribution in [-0.2, 0) is 52.7 Å². The number of esters is 2. The Kier molecular flexibility index (Phi) is 43.5. The molecule has 0 spiro atoms. The number of aromatic nitrogens is 6. The van der Waals surface area contributed by atoms with Gasteiger partial charge in [0.1, 0.15) is 18.2 Å². The summed E-state index contributed by atoms with van der Waals surface area (Å²) in [6.45, 7) is 9.76. The minimum Gasteiger partial charge on any atom is -0.466 e. The van der Waals surface area contributed by atoms with Gasteiger partial charge in [0.15, 0.2) is 0 Å². The second kappa shape index (κ2) is 49.9. The molecular formula is C66H117N11O8. The number of hydrogen-bond acceptors (Lipinski definition) is 13. The Morgan fingerprint density at radius 2 is 0.929 bits per heavy atom. The van der Waals surface area contributed by atoms with Gasteiger partial charge in [-0.05, 0) is 90.1 Å². The third-order valence-corrected chi connectivity index (χ3v) is 16.1. The molecule has 19 heteroatoms. The topological polar surface area (TPSA) is 275 Å². The SMILES string of the molecule is CCCCCCCCCCCOC(=O)CCCCCN(CCCCCCCC(=O)OC(CCCCCCCC)CCCCCCCC)CC(O)CCCCNC(=O)[C@H](Cc1cnc[nH]1)NC(=O)[C@H](Cc1cnc[nH]1)NC(=O)[C@H](N)Cc1cnc[nH]1. The minimum absolute atomic E-state index is 0.0417. The van der Waals surface area contributed by atoms with Crippen LogP contribution < -0.4 is 21.7 Å². The maximum atomic E-state index is 13.9. The molecule has 3 amide bonds. The smallest absolute Gasteiger partial charge is 0.306 e. The van der Waals surface area contributed by atoms with E-state index >= 15 is 0 Å². The Labute approximate surface area is 511 Å². The zero-order chi connectivity index (χ0) is 61.2. The van der Waals surface area contributed by atoms with Crippen molar-refractivity contribution in [3.8, 4) is 0 Å². The molecule has 4 atom stereocenters. The van der Waals surface area contributed by atoms with Gasteiger partial charge in [0.25, 0.3) is 0 Å². The molecule has 3 rings (SSSR count). The quantitative estimate of drug-likeness (QED) is 0.0193. The summed E-state index contributed by atoms with van der Waals surface area (Å²) >= 11 is 0. The second-order valence-electron chi connectivity index (χ2n) is 23.9. The van der Waals surface area contributed by atoms with Gasteiger partial charge in [-0.3, -0.25) is 24.0 Å². The van der Waals surface area contributed by atoms with Crippen LogP contribution in [0.5, 0.6) is 0 Å². The second-order valence-corrected chi connectivity index (χ2v) is 23.9.